The Morgan fingerprint density at radius 2 is 1.87 bits per heavy atom. The van der Waals surface area contributed by atoms with E-state index in [0.29, 0.717) is 18.1 Å². The first kappa shape index (κ1) is 18.5. The molecule has 6 nitrogen and oxygen atoms in total. The number of nitrogens with zero attached hydrogens (tertiary/aromatic N) is 2. The van der Waals surface area contributed by atoms with Gasteiger partial charge in [0.25, 0.3) is 0 Å². The quantitative estimate of drug-likeness (QED) is 0.857. The summed E-state index contributed by atoms with van der Waals surface area (Å²) in [6, 6.07) is 4.33. The minimum Gasteiger partial charge on any atom is -0.340 e. The van der Waals surface area contributed by atoms with E-state index in [1.54, 1.807) is 11.8 Å². The third-order valence-electron chi connectivity index (χ3n) is 3.84. The Morgan fingerprint density at radius 1 is 1.26 bits per heavy atom. The van der Waals surface area contributed by atoms with Gasteiger partial charge in [0.1, 0.15) is 4.90 Å². The molecular formula is C14H19Cl2N3O3S. The largest absolute Gasteiger partial charge is 0.340 e. The SMILES string of the molecule is CC(CN)C(=O)N1CCN(S(=O)(=O)c2cc(Cl)ccc2Cl)CC1. The monoisotopic (exact) mass is 379 g/mol. The minimum absolute atomic E-state index is 0.0123. The topological polar surface area (TPSA) is 83.7 Å². The van der Waals surface area contributed by atoms with Crippen molar-refractivity contribution in [2.45, 2.75) is 11.8 Å². The van der Waals surface area contributed by atoms with Crippen molar-refractivity contribution in [3.05, 3.63) is 28.2 Å². The molecule has 1 amide bonds. The van der Waals surface area contributed by atoms with Crippen molar-refractivity contribution in [3.63, 3.8) is 0 Å². The molecule has 9 heteroatoms. The van der Waals surface area contributed by atoms with E-state index in [2.05, 4.69) is 0 Å². The van der Waals surface area contributed by atoms with Gasteiger partial charge in [-0.1, -0.05) is 30.1 Å². The zero-order chi connectivity index (χ0) is 17.2. The van der Waals surface area contributed by atoms with Crippen LogP contribution in [0.4, 0.5) is 0 Å². The normalized spacial score (nSPS) is 18.0. The molecule has 23 heavy (non-hydrogen) atoms. The summed E-state index contributed by atoms with van der Waals surface area (Å²) in [6.45, 7) is 3.14. The Hall–Kier alpha value is -0.860. The summed E-state index contributed by atoms with van der Waals surface area (Å²) in [7, 11) is -3.74. The molecule has 0 aromatic heterocycles. The molecule has 1 aromatic carbocycles. The maximum absolute atomic E-state index is 12.7. The number of nitrogens with two attached hydrogens (primary N) is 1. The highest BCUT2D eigenvalue weighted by atomic mass is 35.5. The van der Waals surface area contributed by atoms with Gasteiger partial charge in [0.2, 0.25) is 15.9 Å². The minimum atomic E-state index is -3.74. The van der Waals surface area contributed by atoms with Crippen LogP contribution >= 0.6 is 23.2 Å². The predicted octanol–water partition coefficient (Wildman–Crippen LogP) is 1.42. The van der Waals surface area contributed by atoms with Crippen LogP contribution in [-0.2, 0) is 14.8 Å². The van der Waals surface area contributed by atoms with Crippen LogP contribution in [0.25, 0.3) is 0 Å². The summed E-state index contributed by atoms with van der Waals surface area (Å²) < 4.78 is 26.7. The molecule has 1 fully saturated rings. The molecular weight excluding hydrogens is 361 g/mol. The van der Waals surface area contributed by atoms with Crippen LogP contribution in [0.5, 0.6) is 0 Å². The number of benzene rings is 1. The first-order chi connectivity index (χ1) is 10.8. The molecule has 1 aromatic rings. The summed E-state index contributed by atoms with van der Waals surface area (Å²) in [5.74, 6) is -0.314. The Kier molecular flexibility index (Phi) is 5.91. The molecule has 1 aliphatic rings. The van der Waals surface area contributed by atoms with Crippen molar-refractivity contribution < 1.29 is 13.2 Å². The smallest absolute Gasteiger partial charge is 0.244 e. The van der Waals surface area contributed by atoms with Crippen molar-refractivity contribution >= 4 is 39.1 Å². The van der Waals surface area contributed by atoms with Crippen LogP contribution in [0.2, 0.25) is 10.0 Å². The highest BCUT2D eigenvalue weighted by Gasteiger charge is 2.32. The van der Waals surface area contributed by atoms with E-state index < -0.39 is 10.0 Å². The lowest BCUT2D eigenvalue weighted by Crippen LogP contribution is -2.52. The Morgan fingerprint density at radius 3 is 2.43 bits per heavy atom. The molecule has 1 unspecified atom stereocenters. The number of hydrogen-bond acceptors (Lipinski definition) is 4. The number of rotatable bonds is 4. The zero-order valence-electron chi connectivity index (χ0n) is 12.7. The number of hydrogen-bond donors (Lipinski definition) is 1. The van der Waals surface area contributed by atoms with E-state index in [4.69, 9.17) is 28.9 Å². The van der Waals surface area contributed by atoms with E-state index in [0.717, 1.165) is 0 Å². The summed E-state index contributed by atoms with van der Waals surface area (Å²) in [6.07, 6.45) is 0. The number of piperazine rings is 1. The van der Waals surface area contributed by atoms with E-state index in [9.17, 15) is 13.2 Å². The van der Waals surface area contributed by atoms with Gasteiger partial charge in [-0.05, 0) is 18.2 Å². The average molecular weight is 380 g/mol. The Bertz CT molecular complexity index is 689. The standard InChI is InChI=1S/C14H19Cl2N3O3S/c1-10(9-17)14(20)18-4-6-19(7-5-18)23(21,22)13-8-11(15)2-3-12(13)16/h2-3,8,10H,4-7,9,17H2,1H3. The second-order valence-corrected chi connectivity index (χ2v) is 8.19. The average Bonchev–Trinajstić information content (AvgIpc) is 2.55. The van der Waals surface area contributed by atoms with Gasteiger partial charge >= 0.3 is 0 Å². The third kappa shape index (κ3) is 3.97. The van der Waals surface area contributed by atoms with E-state index >= 15 is 0 Å². The van der Waals surface area contributed by atoms with Gasteiger partial charge in [-0.25, -0.2) is 8.42 Å². The van der Waals surface area contributed by atoms with Crippen LogP contribution in [0, 0.1) is 5.92 Å². The van der Waals surface area contributed by atoms with Crippen LogP contribution in [0.3, 0.4) is 0 Å². The second kappa shape index (κ2) is 7.36. The van der Waals surface area contributed by atoms with Crippen LogP contribution < -0.4 is 5.73 Å². The molecule has 128 valence electrons. The maximum Gasteiger partial charge on any atom is 0.244 e. The second-order valence-electron chi connectivity index (χ2n) is 5.44. The Labute approximate surface area is 146 Å². The van der Waals surface area contributed by atoms with Crippen LogP contribution in [0.1, 0.15) is 6.92 Å². The summed E-state index contributed by atoms with van der Waals surface area (Å²) in [5, 5.41) is 0.434. The molecule has 2 rings (SSSR count). The van der Waals surface area contributed by atoms with E-state index in [-0.39, 0.29) is 41.4 Å². The first-order valence-electron chi connectivity index (χ1n) is 7.21. The van der Waals surface area contributed by atoms with Crippen molar-refractivity contribution in [2.75, 3.05) is 32.7 Å². The molecule has 0 radical (unpaired) electrons. The van der Waals surface area contributed by atoms with Crippen LogP contribution in [-0.4, -0.2) is 56.3 Å². The summed E-state index contributed by atoms with van der Waals surface area (Å²) in [5.41, 5.74) is 5.50. The lowest BCUT2D eigenvalue weighted by Gasteiger charge is -2.35. The summed E-state index contributed by atoms with van der Waals surface area (Å²) in [4.78, 5) is 13.7. The molecule has 0 aliphatic carbocycles. The number of carbonyl (C=O) groups excluding carboxylic acids is 1. The lowest BCUT2D eigenvalue weighted by molar-refractivity contribution is -0.135. The highest BCUT2D eigenvalue weighted by molar-refractivity contribution is 7.89. The van der Waals surface area contributed by atoms with Gasteiger partial charge in [-0.3, -0.25) is 4.79 Å². The number of carbonyl (C=O) groups is 1. The number of halogens is 2. The maximum atomic E-state index is 12.7. The molecule has 1 heterocycles. The molecule has 0 spiro atoms. The van der Waals surface area contributed by atoms with Crippen molar-refractivity contribution in [2.24, 2.45) is 11.7 Å². The molecule has 1 saturated heterocycles. The zero-order valence-corrected chi connectivity index (χ0v) is 15.0. The molecule has 1 aliphatic heterocycles. The first-order valence-corrected chi connectivity index (χ1v) is 9.41. The van der Waals surface area contributed by atoms with E-state index in [1.807, 2.05) is 0 Å². The van der Waals surface area contributed by atoms with Gasteiger partial charge in [0, 0.05) is 43.7 Å². The highest BCUT2D eigenvalue weighted by Crippen LogP contribution is 2.28. The fourth-order valence-corrected chi connectivity index (χ4v) is 4.53. The van der Waals surface area contributed by atoms with Crippen molar-refractivity contribution in [1.29, 1.82) is 0 Å². The molecule has 2 N–H and O–H groups in total. The predicted molar refractivity (Wildman–Crippen MR) is 90.0 cm³/mol. The molecule has 1 atom stereocenters. The molecule has 0 saturated carbocycles. The lowest BCUT2D eigenvalue weighted by atomic mass is 10.1. The summed E-state index contributed by atoms with van der Waals surface area (Å²) >= 11 is 11.9. The molecule has 0 bridgehead atoms. The third-order valence-corrected chi connectivity index (χ3v) is 6.45. The number of sulfonamides is 1. The fourth-order valence-electron chi connectivity index (χ4n) is 2.38. The van der Waals surface area contributed by atoms with Gasteiger partial charge in [-0.2, -0.15) is 4.31 Å². The van der Waals surface area contributed by atoms with Gasteiger partial charge in [-0.15, -0.1) is 0 Å². The number of amides is 1. The van der Waals surface area contributed by atoms with Crippen molar-refractivity contribution in [1.82, 2.24) is 9.21 Å². The van der Waals surface area contributed by atoms with Gasteiger partial charge in [0.05, 0.1) is 5.02 Å². The van der Waals surface area contributed by atoms with Gasteiger partial charge in [0.15, 0.2) is 0 Å². The Balaban J connectivity index is 2.13. The van der Waals surface area contributed by atoms with Crippen LogP contribution in [0.15, 0.2) is 23.1 Å². The van der Waals surface area contributed by atoms with Crippen molar-refractivity contribution in [3.8, 4) is 0 Å². The van der Waals surface area contributed by atoms with E-state index in [1.165, 1.54) is 22.5 Å². The fraction of sp³-hybridized carbons (Fsp3) is 0.500. The van der Waals surface area contributed by atoms with Gasteiger partial charge < -0.3 is 10.6 Å².